The average Bonchev–Trinajstić information content (AvgIpc) is 2.97. The van der Waals surface area contributed by atoms with Crippen LogP contribution in [0.4, 0.5) is 0 Å². The summed E-state index contributed by atoms with van der Waals surface area (Å²) in [5.74, 6) is 0. The molecule has 6 rings (SSSR count). The summed E-state index contributed by atoms with van der Waals surface area (Å²) in [6.07, 6.45) is 3.55. The molecule has 3 nitrogen and oxygen atoms in total. The van der Waals surface area contributed by atoms with Crippen LogP contribution in [0.1, 0.15) is 19.8 Å². The molecule has 0 amide bonds. The number of fused-ring (bicyclic) bond motifs is 3. The van der Waals surface area contributed by atoms with E-state index >= 15 is 0 Å². The Labute approximate surface area is 230 Å². The van der Waals surface area contributed by atoms with Crippen molar-refractivity contribution < 1.29 is 15.1 Å². The Balaban J connectivity index is 0.000000723. The molecule has 0 radical (unpaired) electrons. The van der Waals surface area contributed by atoms with E-state index in [0.29, 0.717) is 0 Å². The van der Waals surface area contributed by atoms with Crippen molar-refractivity contribution in [3.05, 3.63) is 127 Å². The Hall–Kier alpha value is -3.53. The Morgan fingerprint density at radius 1 is 0.538 bits per heavy atom. The summed E-state index contributed by atoms with van der Waals surface area (Å²) in [7, 11) is -4.42. The van der Waals surface area contributed by atoms with Crippen LogP contribution in [0.15, 0.2) is 127 Å². The summed E-state index contributed by atoms with van der Waals surface area (Å²) < 4.78 is 0. The molecule has 2 N–H and O–H groups in total. The van der Waals surface area contributed by atoms with Crippen LogP contribution in [0.25, 0.3) is 32.3 Å². The van der Waals surface area contributed by atoms with Crippen molar-refractivity contribution in [2.75, 3.05) is 6.16 Å². The van der Waals surface area contributed by atoms with Crippen LogP contribution >= 0.6 is 7.26 Å². The Kier molecular flexibility index (Phi) is 8.40. The molecule has 0 aliphatic carbocycles. The molecule has 0 saturated heterocycles. The zero-order valence-corrected chi connectivity index (χ0v) is 23.0. The molecule has 39 heavy (non-hydrogen) atoms. The lowest BCUT2D eigenvalue weighted by atomic mass is 10.1. The lowest BCUT2D eigenvalue weighted by molar-refractivity contribution is -0.242. The van der Waals surface area contributed by atoms with Crippen LogP contribution < -0.4 is 20.9 Å². The van der Waals surface area contributed by atoms with E-state index in [1.807, 2.05) is 0 Å². The lowest BCUT2D eigenvalue weighted by Gasteiger charge is -2.30. The van der Waals surface area contributed by atoms with Gasteiger partial charge in [0, 0.05) is 16.2 Å². The van der Waals surface area contributed by atoms with Crippen molar-refractivity contribution in [3.8, 4) is 0 Å². The van der Waals surface area contributed by atoms with Gasteiger partial charge in [-0.1, -0.05) is 123 Å². The van der Waals surface area contributed by atoms with Gasteiger partial charge in [0.15, 0.2) is 0 Å². The summed E-state index contributed by atoms with van der Waals surface area (Å²) in [6.45, 7) is 2.32. The maximum atomic E-state index is 8.64. The highest BCUT2D eigenvalue weighted by Gasteiger charge is 2.47. The lowest BCUT2D eigenvalue weighted by Crippen LogP contribution is -2.34. The fourth-order valence-corrected chi connectivity index (χ4v) is 10.9. The zero-order valence-electron chi connectivity index (χ0n) is 22.1. The third-order valence-corrected chi connectivity index (χ3v) is 12.0. The van der Waals surface area contributed by atoms with Gasteiger partial charge in [-0.05, 0) is 40.8 Å². The third kappa shape index (κ3) is 5.35. The van der Waals surface area contributed by atoms with Gasteiger partial charge in [-0.25, -0.2) is 0 Å². The molecule has 0 heterocycles. The summed E-state index contributed by atoms with van der Waals surface area (Å²) in [5, 5.41) is 35.4. The molecular weight excluding hydrogens is 498 g/mol. The molecule has 5 heteroatoms. The number of hydrogen-bond acceptors (Lipinski definition) is 3. The minimum absolute atomic E-state index is 1.17. The fourth-order valence-electron chi connectivity index (χ4n) is 5.77. The van der Waals surface area contributed by atoms with Crippen molar-refractivity contribution >= 4 is 62.8 Å². The number of rotatable bonds is 6. The van der Waals surface area contributed by atoms with Crippen molar-refractivity contribution in [3.63, 3.8) is 0 Å². The van der Waals surface area contributed by atoms with Gasteiger partial charge in [-0.15, -0.1) is 0 Å². The molecule has 0 aromatic heterocycles. The first-order valence-corrected chi connectivity index (χ1v) is 15.4. The van der Waals surface area contributed by atoms with Gasteiger partial charge < -0.3 is 15.1 Å². The maximum Gasteiger partial charge on any atom is 0.339 e. The molecule has 194 valence electrons. The molecular formula is C34H32BO3P. The number of hydrogen-bond donors (Lipinski definition) is 2. The first kappa shape index (κ1) is 27.1. The van der Waals surface area contributed by atoms with Gasteiger partial charge in [-0.3, -0.25) is 0 Å². The van der Waals surface area contributed by atoms with Crippen LogP contribution in [0, 0.1) is 0 Å². The average molecular weight is 530 g/mol. The third-order valence-electron chi connectivity index (χ3n) is 7.38. The highest BCUT2D eigenvalue weighted by Crippen LogP contribution is 2.59. The molecule has 6 aromatic carbocycles. The molecule has 0 spiro atoms. The van der Waals surface area contributed by atoms with Crippen molar-refractivity contribution in [1.29, 1.82) is 0 Å². The SMILES string of the molecule is CCCC[P+](c1cccc2ccccc12)(c1cccc2ccccc12)c1cccc2ccccc12.[O-]B(O)O. The molecule has 0 aliphatic rings. The smallest absolute Gasteiger partial charge is 0.339 e. The topological polar surface area (TPSA) is 63.5 Å². The van der Waals surface area contributed by atoms with E-state index in [4.69, 9.17) is 15.1 Å². The molecule has 6 aromatic rings. The number of unbranched alkanes of at least 4 members (excludes halogenated alkanes) is 1. The fraction of sp³-hybridized carbons (Fsp3) is 0.118. The van der Waals surface area contributed by atoms with Crippen LogP contribution in [0.5, 0.6) is 0 Å². The summed E-state index contributed by atoms with van der Waals surface area (Å²) >= 11 is 0. The minimum atomic E-state index is -2.42. The summed E-state index contributed by atoms with van der Waals surface area (Å²) in [4.78, 5) is 0. The second-order valence-electron chi connectivity index (χ2n) is 9.71. The van der Waals surface area contributed by atoms with E-state index in [2.05, 4.69) is 134 Å². The summed E-state index contributed by atoms with van der Waals surface area (Å²) in [5.41, 5.74) is 0. The minimum Gasteiger partial charge on any atom is -0.832 e. The Bertz CT molecular complexity index is 1510. The first-order valence-electron chi connectivity index (χ1n) is 13.4. The molecule has 0 aliphatic heterocycles. The standard InChI is InChI=1S/C34H30P.BH2O3/c1-2-3-25-35(32-22-10-16-26-13-4-7-19-29(26)32,33-23-11-17-27-14-5-8-20-30(27)33)34-24-12-18-28-15-6-9-21-31(28)34;2-1(3)4/h4-24H,2-3,25H2,1H3;2-3H/q+1;-1. The van der Waals surface area contributed by atoms with Crippen LogP contribution in [-0.4, -0.2) is 23.5 Å². The van der Waals surface area contributed by atoms with E-state index in [1.165, 1.54) is 67.2 Å². The molecule has 0 unspecified atom stereocenters. The summed E-state index contributed by atoms with van der Waals surface area (Å²) in [6, 6.07) is 47.8. The van der Waals surface area contributed by atoms with Gasteiger partial charge >= 0.3 is 7.32 Å². The zero-order chi connectivity index (χ0) is 27.2. The van der Waals surface area contributed by atoms with Crippen molar-refractivity contribution in [1.82, 2.24) is 0 Å². The number of benzene rings is 6. The van der Waals surface area contributed by atoms with Crippen LogP contribution in [0.3, 0.4) is 0 Å². The molecule has 0 bridgehead atoms. The van der Waals surface area contributed by atoms with Gasteiger partial charge in [0.05, 0.1) is 6.16 Å². The van der Waals surface area contributed by atoms with Crippen molar-refractivity contribution in [2.24, 2.45) is 0 Å². The van der Waals surface area contributed by atoms with E-state index in [-0.39, 0.29) is 0 Å². The maximum absolute atomic E-state index is 8.64. The molecule has 0 saturated carbocycles. The van der Waals surface area contributed by atoms with Gasteiger partial charge in [0.25, 0.3) is 0 Å². The largest absolute Gasteiger partial charge is 0.832 e. The quantitative estimate of drug-likeness (QED) is 0.219. The second kappa shape index (κ2) is 12.1. The molecule has 0 atom stereocenters. The second-order valence-corrected chi connectivity index (χ2v) is 13.2. The van der Waals surface area contributed by atoms with E-state index < -0.39 is 14.6 Å². The van der Waals surface area contributed by atoms with Crippen LogP contribution in [-0.2, 0) is 0 Å². The normalized spacial score (nSPS) is 11.4. The van der Waals surface area contributed by atoms with E-state index in [9.17, 15) is 0 Å². The Morgan fingerprint density at radius 3 is 1.18 bits per heavy atom. The van der Waals surface area contributed by atoms with Gasteiger partial charge in [0.2, 0.25) is 0 Å². The highest BCUT2D eigenvalue weighted by molar-refractivity contribution is 7.96. The van der Waals surface area contributed by atoms with E-state index in [0.717, 1.165) is 0 Å². The van der Waals surface area contributed by atoms with Gasteiger partial charge in [-0.2, -0.15) is 0 Å². The van der Waals surface area contributed by atoms with Crippen LogP contribution in [0.2, 0.25) is 0 Å². The van der Waals surface area contributed by atoms with Gasteiger partial charge in [0.1, 0.15) is 23.2 Å². The first-order chi connectivity index (χ1) is 19.1. The van der Waals surface area contributed by atoms with E-state index in [1.54, 1.807) is 0 Å². The van der Waals surface area contributed by atoms with Crippen molar-refractivity contribution in [2.45, 2.75) is 19.8 Å². The Morgan fingerprint density at radius 2 is 0.846 bits per heavy atom. The predicted molar refractivity (Wildman–Crippen MR) is 168 cm³/mol. The highest BCUT2D eigenvalue weighted by atomic mass is 31.2. The molecule has 0 fully saturated rings. The predicted octanol–water partition coefficient (Wildman–Crippen LogP) is 5.56. The monoisotopic (exact) mass is 530 g/mol.